The molecular formula is C19H16O3. The summed E-state index contributed by atoms with van der Waals surface area (Å²) >= 11 is 0. The Balaban J connectivity index is 1.92. The van der Waals surface area contributed by atoms with E-state index in [4.69, 9.17) is 9.15 Å². The summed E-state index contributed by atoms with van der Waals surface area (Å²) in [6, 6.07) is 15.8. The molecule has 1 aliphatic rings. The smallest absolute Gasteiger partial charge is 0.343 e. The summed E-state index contributed by atoms with van der Waals surface area (Å²) in [7, 11) is 0. The molecule has 22 heavy (non-hydrogen) atoms. The van der Waals surface area contributed by atoms with Crippen LogP contribution < -0.4 is 10.4 Å². The van der Waals surface area contributed by atoms with Gasteiger partial charge in [-0.1, -0.05) is 36.4 Å². The van der Waals surface area contributed by atoms with Crippen LogP contribution in [0.15, 0.2) is 57.7 Å². The normalized spacial score (nSPS) is 19.9. The van der Waals surface area contributed by atoms with Crippen LogP contribution in [0.1, 0.15) is 23.6 Å². The van der Waals surface area contributed by atoms with Crippen LogP contribution >= 0.6 is 0 Å². The molecule has 1 aromatic heterocycles. The summed E-state index contributed by atoms with van der Waals surface area (Å²) in [5.74, 6) is 0.664. The van der Waals surface area contributed by atoms with Gasteiger partial charge in [-0.3, -0.25) is 0 Å². The number of rotatable bonds is 1. The summed E-state index contributed by atoms with van der Waals surface area (Å²) in [5, 5.41) is 0.861. The average molecular weight is 292 g/mol. The molecular weight excluding hydrogens is 276 g/mol. The Hall–Kier alpha value is -2.55. The van der Waals surface area contributed by atoms with Gasteiger partial charge < -0.3 is 9.15 Å². The predicted molar refractivity (Wildman–Crippen MR) is 85.3 cm³/mol. The van der Waals surface area contributed by atoms with E-state index in [9.17, 15) is 4.79 Å². The Morgan fingerprint density at radius 3 is 2.64 bits per heavy atom. The second-order valence-corrected chi connectivity index (χ2v) is 6.07. The second kappa shape index (κ2) is 4.47. The number of fused-ring (bicyclic) bond motifs is 3. The van der Waals surface area contributed by atoms with Crippen molar-refractivity contribution in [1.29, 1.82) is 0 Å². The molecule has 0 N–H and O–H groups in total. The van der Waals surface area contributed by atoms with E-state index in [2.05, 4.69) is 0 Å². The van der Waals surface area contributed by atoms with Gasteiger partial charge in [0.1, 0.15) is 16.9 Å². The van der Waals surface area contributed by atoms with Crippen molar-refractivity contribution in [1.82, 2.24) is 0 Å². The molecule has 2 aromatic carbocycles. The number of aryl methyl sites for hydroxylation is 1. The molecule has 0 radical (unpaired) electrons. The highest BCUT2D eigenvalue weighted by Gasteiger charge is 2.39. The lowest BCUT2D eigenvalue weighted by Crippen LogP contribution is -2.27. The van der Waals surface area contributed by atoms with Gasteiger partial charge in [0, 0.05) is 6.42 Å². The first-order valence-corrected chi connectivity index (χ1v) is 7.38. The van der Waals surface area contributed by atoms with Crippen LogP contribution in [0, 0.1) is 6.92 Å². The Morgan fingerprint density at radius 2 is 1.86 bits per heavy atom. The van der Waals surface area contributed by atoms with Gasteiger partial charge in [-0.05, 0) is 37.1 Å². The van der Waals surface area contributed by atoms with E-state index in [1.54, 1.807) is 0 Å². The maximum atomic E-state index is 12.3. The second-order valence-electron chi connectivity index (χ2n) is 6.07. The molecule has 4 rings (SSSR count). The molecule has 3 aromatic rings. The van der Waals surface area contributed by atoms with Gasteiger partial charge in [-0.25, -0.2) is 4.79 Å². The molecule has 110 valence electrons. The fourth-order valence-electron chi connectivity index (χ4n) is 3.14. The highest BCUT2D eigenvalue weighted by molar-refractivity contribution is 5.85. The third-order valence-corrected chi connectivity index (χ3v) is 4.33. The van der Waals surface area contributed by atoms with Crippen molar-refractivity contribution < 1.29 is 9.15 Å². The summed E-state index contributed by atoms with van der Waals surface area (Å²) in [6.07, 6.45) is 0.526. The third kappa shape index (κ3) is 1.86. The first kappa shape index (κ1) is 13.1. The minimum absolute atomic E-state index is 0.298. The lowest BCUT2D eigenvalue weighted by Gasteiger charge is -2.24. The Morgan fingerprint density at radius 1 is 1.09 bits per heavy atom. The molecule has 3 heteroatoms. The Labute approximate surface area is 128 Å². The molecule has 0 spiro atoms. The van der Waals surface area contributed by atoms with Crippen LogP contribution in [0.4, 0.5) is 0 Å². The largest absolute Gasteiger partial charge is 0.481 e. The van der Waals surface area contributed by atoms with E-state index >= 15 is 0 Å². The summed E-state index contributed by atoms with van der Waals surface area (Å²) in [4.78, 5) is 12.3. The standard InChI is InChI=1S/C19H16O3/c1-12-8-9-14-16(10-12)21-18(20)15-11-19(2,22-17(14)15)13-6-4-3-5-7-13/h3-10H,11H2,1-2H3. The number of benzene rings is 2. The highest BCUT2D eigenvalue weighted by Crippen LogP contribution is 2.43. The SMILES string of the molecule is Cc1ccc2c3c(c(=O)oc2c1)CC(C)(c1ccccc1)O3. The van der Waals surface area contributed by atoms with Crippen molar-refractivity contribution in [3.05, 3.63) is 75.6 Å². The lowest BCUT2D eigenvalue weighted by atomic mass is 9.91. The molecule has 0 amide bonds. The van der Waals surface area contributed by atoms with Crippen molar-refractivity contribution in [2.45, 2.75) is 25.9 Å². The van der Waals surface area contributed by atoms with Gasteiger partial charge in [0.05, 0.1) is 10.9 Å². The van der Waals surface area contributed by atoms with Gasteiger partial charge in [-0.2, -0.15) is 0 Å². The van der Waals surface area contributed by atoms with Gasteiger partial charge in [0.25, 0.3) is 0 Å². The minimum Gasteiger partial charge on any atom is -0.481 e. The molecule has 1 aliphatic heterocycles. The van der Waals surface area contributed by atoms with Crippen molar-refractivity contribution >= 4 is 11.0 Å². The maximum Gasteiger partial charge on any atom is 0.343 e. The zero-order chi connectivity index (χ0) is 15.3. The predicted octanol–water partition coefficient (Wildman–Crippen LogP) is 3.95. The van der Waals surface area contributed by atoms with Gasteiger partial charge in [0.2, 0.25) is 0 Å². The molecule has 3 nitrogen and oxygen atoms in total. The van der Waals surface area contributed by atoms with Crippen LogP contribution in [0.25, 0.3) is 11.0 Å². The monoisotopic (exact) mass is 292 g/mol. The Kier molecular flexibility index (Phi) is 2.67. The first-order chi connectivity index (χ1) is 10.6. The number of ether oxygens (including phenoxy) is 1. The summed E-state index contributed by atoms with van der Waals surface area (Å²) in [5.41, 5.74) is 2.50. The van der Waals surface area contributed by atoms with E-state index in [-0.39, 0.29) is 5.63 Å². The molecule has 2 heterocycles. The number of hydrogen-bond acceptors (Lipinski definition) is 3. The van der Waals surface area contributed by atoms with E-state index in [0.717, 1.165) is 16.5 Å². The topological polar surface area (TPSA) is 39.4 Å². The average Bonchev–Trinajstić information content (AvgIpc) is 2.88. The molecule has 0 fully saturated rings. The van der Waals surface area contributed by atoms with Crippen LogP contribution in [0.5, 0.6) is 5.75 Å². The number of hydrogen-bond donors (Lipinski definition) is 0. The molecule has 0 saturated carbocycles. The summed E-state index contributed by atoms with van der Waals surface area (Å²) in [6.45, 7) is 3.99. The Bertz CT molecular complexity index is 925. The molecule has 0 aliphatic carbocycles. The molecule has 1 atom stereocenters. The van der Waals surface area contributed by atoms with Crippen molar-refractivity contribution in [2.75, 3.05) is 0 Å². The highest BCUT2D eigenvalue weighted by atomic mass is 16.5. The van der Waals surface area contributed by atoms with E-state index in [1.165, 1.54) is 0 Å². The lowest BCUT2D eigenvalue weighted by molar-refractivity contribution is 0.117. The van der Waals surface area contributed by atoms with Crippen molar-refractivity contribution in [3.63, 3.8) is 0 Å². The van der Waals surface area contributed by atoms with Crippen molar-refractivity contribution in [3.8, 4) is 5.75 Å². The molecule has 1 unspecified atom stereocenters. The zero-order valence-electron chi connectivity index (χ0n) is 12.6. The third-order valence-electron chi connectivity index (χ3n) is 4.33. The van der Waals surface area contributed by atoms with E-state index < -0.39 is 5.60 Å². The maximum absolute atomic E-state index is 12.3. The quantitative estimate of drug-likeness (QED) is 0.637. The summed E-state index contributed by atoms with van der Waals surface area (Å²) < 4.78 is 11.7. The van der Waals surface area contributed by atoms with E-state index in [0.29, 0.717) is 23.3 Å². The fraction of sp³-hybridized carbons (Fsp3) is 0.211. The van der Waals surface area contributed by atoms with E-state index in [1.807, 2.05) is 62.4 Å². The fourth-order valence-corrected chi connectivity index (χ4v) is 3.14. The minimum atomic E-state index is -0.530. The van der Waals surface area contributed by atoms with Crippen LogP contribution in [-0.4, -0.2) is 0 Å². The van der Waals surface area contributed by atoms with Crippen molar-refractivity contribution in [2.24, 2.45) is 0 Å². The van der Waals surface area contributed by atoms with Gasteiger partial charge in [0.15, 0.2) is 0 Å². The van der Waals surface area contributed by atoms with Crippen LogP contribution in [0.3, 0.4) is 0 Å². The van der Waals surface area contributed by atoms with Gasteiger partial charge >= 0.3 is 5.63 Å². The molecule has 0 bridgehead atoms. The van der Waals surface area contributed by atoms with Gasteiger partial charge in [-0.15, -0.1) is 0 Å². The zero-order valence-corrected chi connectivity index (χ0v) is 12.6. The molecule has 0 saturated heterocycles. The van der Waals surface area contributed by atoms with Crippen LogP contribution in [0.2, 0.25) is 0 Å². The van der Waals surface area contributed by atoms with Crippen LogP contribution in [-0.2, 0) is 12.0 Å². The first-order valence-electron chi connectivity index (χ1n) is 7.38.